The number of hydrogen-bond donors (Lipinski definition) is 1. The van der Waals surface area contributed by atoms with Crippen LogP contribution in [-0.4, -0.2) is 39.4 Å². The maximum Gasteiger partial charge on any atom is 0.186 e. The van der Waals surface area contributed by atoms with Crippen LogP contribution in [0.25, 0.3) is 0 Å². The van der Waals surface area contributed by atoms with Gasteiger partial charge >= 0.3 is 0 Å². The van der Waals surface area contributed by atoms with Crippen molar-refractivity contribution in [2.24, 2.45) is 5.92 Å². The van der Waals surface area contributed by atoms with Crippen molar-refractivity contribution in [3.05, 3.63) is 72.1 Å². The SMILES string of the molecule is C=CC[C@@H](OCCO)[C@@H]1COc2c(F)ccc(F)c2[C@H]1S(=O)(=O)c1ccc(F)cc1. The lowest BCUT2D eigenvalue weighted by molar-refractivity contribution is -0.0223. The Labute approximate surface area is 172 Å². The molecule has 0 saturated heterocycles. The second kappa shape index (κ2) is 9.20. The molecule has 0 bridgehead atoms. The van der Waals surface area contributed by atoms with Gasteiger partial charge in [0.15, 0.2) is 21.4 Å². The molecule has 3 atom stereocenters. The minimum atomic E-state index is -4.30. The van der Waals surface area contributed by atoms with Crippen LogP contribution in [0.4, 0.5) is 13.2 Å². The van der Waals surface area contributed by atoms with E-state index in [1.165, 1.54) is 6.08 Å². The van der Waals surface area contributed by atoms with E-state index in [0.29, 0.717) is 0 Å². The van der Waals surface area contributed by atoms with Gasteiger partial charge in [-0.1, -0.05) is 6.08 Å². The summed E-state index contributed by atoms with van der Waals surface area (Å²) in [4.78, 5) is -0.241. The fourth-order valence-corrected chi connectivity index (χ4v) is 5.69. The molecule has 3 rings (SSSR count). The summed E-state index contributed by atoms with van der Waals surface area (Å²) in [5.74, 6) is -3.87. The molecule has 0 spiro atoms. The summed E-state index contributed by atoms with van der Waals surface area (Å²) >= 11 is 0. The highest BCUT2D eigenvalue weighted by Crippen LogP contribution is 2.47. The Kier molecular flexibility index (Phi) is 6.84. The normalized spacial score (nSPS) is 19.6. The first-order valence-corrected chi connectivity index (χ1v) is 10.8. The number of benzene rings is 2. The highest BCUT2D eigenvalue weighted by Gasteiger charge is 2.47. The van der Waals surface area contributed by atoms with Crippen molar-refractivity contribution >= 4 is 9.84 Å². The zero-order valence-corrected chi connectivity index (χ0v) is 16.7. The molecule has 5 nitrogen and oxygen atoms in total. The van der Waals surface area contributed by atoms with E-state index in [1.807, 2.05) is 0 Å². The van der Waals surface area contributed by atoms with Gasteiger partial charge in [-0.05, 0) is 42.8 Å². The summed E-state index contributed by atoms with van der Waals surface area (Å²) in [6.07, 6.45) is 0.891. The zero-order valence-electron chi connectivity index (χ0n) is 15.9. The van der Waals surface area contributed by atoms with Crippen LogP contribution in [0, 0.1) is 23.4 Å². The number of aliphatic hydroxyl groups is 1. The van der Waals surface area contributed by atoms with Gasteiger partial charge < -0.3 is 14.6 Å². The highest BCUT2D eigenvalue weighted by molar-refractivity contribution is 7.91. The minimum absolute atomic E-state index is 0.0865. The van der Waals surface area contributed by atoms with Gasteiger partial charge in [0.2, 0.25) is 0 Å². The Balaban J connectivity index is 2.19. The van der Waals surface area contributed by atoms with E-state index in [2.05, 4.69) is 6.58 Å². The highest BCUT2D eigenvalue weighted by atomic mass is 32.2. The molecule has 1 aliphatic rings. The molecule has 30 heavy (non-hydrogen) atoms. The number of halogens is 3. The maximum atomic E-state index is 14.8. The quantitative estimate of drug-likeness (QED) is 0.500. The molecule has 0 aromatic heterocycles. The first-order valence-electron chi connectivity index (χ1n) is 9.24. The largest absolute Gasteiger partial charge is 0.490 e. The topological polar surface area (TPSA) is 72.8 Å². The monoisotopic (exact) mass is 442 g/mol. The second-order valence-corrected chi connectivity index (χ2v) is 8.89. The van der Waals surface area contributed by atoms with Gasteiger partial charge in [0.25, 0.3) is 0 Å². The van der Waals surface area contributed by atoms with E-state index in [0.717, 1.165) is 36.4 Å². The molecule has 0 radical (unpaired) electrons. The van der Waals surface area contributed by atoms with Crippen LogP contribution in [-0.2, 0) is 14.6 Å². The van der Waals surface area contributed by atoms with E-state index < -0.39 is 55.9 Å². The van der Waals surface area contributed by atoms with Crippen LogP contribution in [0.5, 0.6) is 5.75 Å². The van der Waals surface area contributed by atoms with Crippen molar-refractivity contribution in [3.63, 3.8) is 0 Å². The molecule has 1 heterocycles. The molecule has 0 amide bonds. The summed E-state index contributed by atoms with van der Waals surface area (Å²) < 4.78 is 80.5. The average Bonchev–Trinajstić information content (AvgIpc) is 2.73. The summed E-state index contributed by atoms with van der Waals surface area (Å²) in [5, 5.41) is 7.55. The Morgan fingerprint density at radius 3 is 2.47 bits per heavy atom. The number of hydrogen-bond acceptors (Lipinski definition) is 5. The summed E-state index contributed by atoms with van der Waals surface area (Å²) in [6, 6.07) is 5.81. The predicted octanol–water partition coefficient (Wildman–Crippen LogP) is 3.58. The van der Waals surface area contributed by atoms with Crippen LogP contribution in [0.1, 0.15) is 17.2 Å². The van der Waals surface area contributed by atoms with Crippen LogP contribution >= 0.6 is 0 Å². The van der Waals surface area contributed by atoms with Crippen molar-refractivity contribution in [1.82, 2.24) is 0 Å². The number of ether oxygens (including phenoxy) is 2. The molecular weight excluding hydrogens is 421 g/mol. The fraction of sp³-hybridized carbons (Fsp3) is 0.333. The van der Waals surface area contributed by atoms with Crippen molar-refractivity contribution in [2.45, 2.75) is 22.7 Å². The lowest BCUT2D eigenvalue weighted by atomic mass is 9.89. The predicted molar refractivity (Wildman–Crippen MR) is 103 cm³/mol. The second-order valence-electron chi connectivity index (χ2n) is 6.82. The van der Waals surface area contributed by atoms with E-state index in [1.54, 1.807) is 0 Å². The molecule has 0 unspecified atom stereocenters. The standard InChI is InChI=1S/C21H21F3O5S/c1-2-3-18(28-11-10-25)15-12-29-20-17(24)9-8-16(23)19(20)21(15)30(26,27)14-6-4-13(22)5-7-14/h2,4-9,15,18,21,25H,1,3,10-12H2/t15-,18+,21-/m0/s1. The fourth-order valence-electron chi connectivity index (χ4n) is 3.63. The van der Waals surface area contributed by atoms with Crippen molar-refractivity contribution in [3.8, 4) is 5.75 Å². The molecule has 162 valence electrons. The molecule has 0 fully saturated rings. The first kappa shape index (κ1) is 22.3. The molecule has 2 aromatic rings. The van der Waals surface area contributed by atoms with Gasteiger partial charge in [-0.2, -0.15) is 0 Å². The molecule has 1 N–H and O–H groups in total. The smallest absolute Gasteiger partial charge is 0.186 e. The molecule has 0 aliphatic carbocycles. The Bertz CT molecular complexity index is 1010. The zero-order chi connectivity index (χ0) is 21.9. The van der Waals surface area contributed by atoms with E-state index >= 15 is 0 Å². The van der Waals surface area contributed by atoms with Crippen molar-refractivity contribution in [1.29, 1.82) is 0 Å². The number of fused-ring (bicyclic) bond motifs is 1. The summed E-state index contributed by atoms with van der Waals surface area (Å²) in [7, 11) is -4.30. The van der Waals surface area contributed by atoms with Gasteiger partial charge in [0.1, 0.15) is 16.9 Å². The van der Waals surface area contributed by atoms with Gasteiger partial charge in [-0.25, -0.2) is 21.6 Å². The van der Waals surface area contributed by atoms with Crippen molar-refractivity contribution < 1.29 is 36.2 Å². The van der Waals surface area contributed by atoms with Gasteiger partial charge in [-0.15, -0.1) is 6.58 Å². The number of rotatable bonds is 8. The van der Waals surface area contributed by atoms with Gasteiger partial charge in [0, 0.05) is 5.92 Å². The third kappa shape index (κ3) is 4.23. The van der Waals surface area contributed by atoms with Gasteiger partial charge in [0.05, 0.1) is 36.4 Å². The van der Waals surface area contributed by atoms with Crippen LogP contribution in [0.15, 0.2) is 53.9 Å². The lowest BCUT2D eigenvalue weighted by Crippen LogP contribution is -2.41. The number of sulfone groups is 1. The van der Waals surface area contributed by atoms with E-state index in [9.17, 15) is 21.6 Å². The average molecular weight is 442 g/mol. The third-order valence-electron chi connectivity index (χ3n) is 4.96. The summed E-state index contributed by atoms with van der Waals surface area (Å²) in [5.41, 5.74) is -0.433. The molecule has 9 heteroatoms. The van der Waals surface area contributed by atoms with Gasteiger partial charge in [-0.3, -0.25) is 0 Å². The Morgan fingerprint density at radius 2 is 1.83 bits per heavy atom. The van der Waals surface area contributed by atoms with Crippen LogP contribution < -0.4 is 4.74 Å². The Morgan fingerprint density at radius 1 is 1.17 bits per heavy atom. The minimum Gasteiger partial charge on any atom is -0.490 e. The molecule has 1 aliphatic heterocycles. The lowest BCUT2D eigenvalue weighted by Gasteiger charge is -2.37. The van der Waals surface area contributed by atoms with E-state index in [4.69, 9.17) is 14.6 Å². The Hall–Kier alpha value is -2.36. The maximum absolute atomic E-state index is 14.8. The summed E-state index contributed by atoms with van der Waals surface area (Å²) in [6.45, 7) is 2.97. The van der Waals surface area contributed by atoms with E-state index in [-0.39, 0.29) is 31.1 Å². The van der Waals surface area contributed by atoms with Crippen LogP contribution in [0.2, 0.25) is 0 Å². The molecular formula is C21H21F3O5S. The molecule has 2 aromatic carbocycles. The third-order valence-corrected chi connectivity index (χ3v) is 7.15. The first-order chi connectivity index (χ1) is 14.3. The van der Waals surface area contributed by atoms with Crippen LogP contribution in [0.3, 0.4) is 0 Å². The molecule has 0 saturated carbocycles. The number of aliphatic hydroxyl groups excluding tert-OH is 1. The van der Waals surface area contributed by atoms with Crippen molar-refractivity contribution in [2.75, 3.05) is 19.8 Å².